The summed E-state index contributed by atoms with van der Waals surface area (Å²) in [6.07, 6.45) is -3.11. The van der Waals surface area contributed by atoms with Crippen molar-refractivity contribution in [2.45, 2.75) is 24.7 Å². The van der Waals surface area contributed by atoms with E-state index >= 15 is 0 Å². The largest absolute Gasteiger partial charge is 0.433 e. The molecule has 24 heavy (non-hydrogen) atoms. The van der Waals surface area contributed by atoms with Gasteiger partial charge in [-0.05, 0) is 5.56 Å². The zero-order chi connectivity index (χ0) is 16.6. The summed E-state index contributed by atoms with van der Waals surface area (Å²) >= 11 is 0. The van der Waals surface area contributed by atoms with Crippen molar-refractivity contribution in [3.05, 3.63) is 53.3 Å². The van der Waals surface area contributed by atoms with Gasteiger partial charge in [0.1, 0.15) is 5.69 Å². The van der Waals surface area contributed by atoms with Crippen LogP contribution in [0.3, 0.4) is 0 Å². The number of nitrogens with zero attached hydrogens (tertiary/aromatic N) is 3. The topological polar surface area (TPSA) is 47.1 Å². The Bertz CT molecular complexity index is 672. The molecule has 0 amide bonds. The molecule has 1 saturated heterocycles. The monoisotopic (exact) mass is 360 g/mol. The van der Waals surface area contributed by atoms with Crippen LogP contribution in [-0.2, 0) is 19.8 Å². The van der Waals surface area contributed by atoms with Crippen molar-refractivity contribution in [3.63, 3.8) is 0 Å². The molecule has 0 aliphatic carbocycles. The predicted octanol–water partition coefficient (Wildman–Crippen LogP) is 2.79. The Labute approximate surface area is 144 Å². The summed E-state index contributed by atoms with van der Waals surface area (Å²) in [6, 6.07) is 9.79. The molecule has 3 rings (SSSR count). The van der Waals surface area contributed by atoms with E-state index in [-0.39, 0.29) is 36.5 Å². The summed E-state index contributed by atoms with van der Waals surface area (Å²) in [4.78, 5) is 1.97. The molecule has 4 nitrogen and oxygen atoms in total. The quantitative estimate of drug-likeness (QED) is 0.915. The smallest absolute Gasteiger partial charge is 0.326 e. The maximum absolute atomic E-state index is 13.1. The Kier molecular flexibility index (Phi) is 5.57. The first kappa shape index (κ1) is 18.8. The Morgan fingerprint density at radius 2 is 1.88 bits per heavy atom. The fourth-order valence-corrected chi connectivity index (χ4v) is 3.30. The molecule has 1 aliphatic heterocycles. The standard InChI is InChI=1S/C16H19F3N4.ClH/c1-22-15(16(17,18)19)12(7-21-22)8-23-9-13(14(20)10-23)11-5-3-2-4-6-11;/h2-7,13-14H,8-10,20H2,1H3;1H/t13-,14+;/m0./s1. The lowest BCUT2D eigenvalue weighted by molar-refractivity contribution is -0.144. The van der Waals surface area contributed by atoms with Crippen molar-refractivity contribution in [2.24, 2.45) is 12.8 Å². The van der Waals surface area contributed by atoms with Crippen LogP contribution in [0, 0.1) is 0 Å². The van der Waals surface area contributed by atoms with Crippen LogP contribution in [0.1, 0.15) is 22.7 Å². The second-order valence-electron chi connectivity index (χ2n) is 6.01. The Morgan fingerprint density at radius 1 is 1.21 bits per heavy atom. The van der Waals surface area contributed by atoms with Crippen LogP contribution in [0.2, 0.25) is 0 Å². The van der Waals surface area contributed by atoms with E-state index in [0.717, 1.165) is 10.2 Å². The van der Waals surface area contributed by atoms with Crippen molar-refractivity contribution >= 4 is 12.4 Å². The number of aryl methyl sites for hydroxylation is 1. The highest BCUT2D eigenvalue weighted by Crippen LogP contribution is 2.33. The minimum absolute atomic E-state index is 0. The van der Waals surface area contributed by atoms with E-state index in [1.165, 1.54) is 13.2 Å². The van der Waals surface area contributed by atoms with Crippen LogP contribution in [0.5, 0.6) is 0 Å². The molecule has 0 radical (unpaired) electrons. The number of benzene rings is 1. The van der Waals surface area contributed by atoms with E-state index < -0.39 is 11.9 Å². The second kappa shape index (κ2) is 7.13. The van der Waals surface area contributed by atoms with Crippen LogP contribution in [-0.4, -0.2) is 33.8 Å². The molecule has 1 aromatic heterocycles. The summed E-state index contributed by atoms with van der Waals surface area (Å²) < 4.78 is 40.3. The Hall–Kier alpha value is -1.57. The maximum atomic E-state index is 13.1. The summed E-state index contributed by atoms with van der Waals surface area (Å²) in [6.45, 7) is 1.43. The highest BCUT2D eigenvalue weighted by atomic mass is 35.5. The molecule has 0 unspecified atom stereocenters. The molecule has 0 saturated carbocycles. The third kappa shape index (κ3) is 3.74. The lowest BCUT2D eigenvalue weighted by Crippen LogP contribution is -2.29. The first-order valence-corrected chi connectivity index (χ1v) is 7.47. The van der Waals surface area contributed by atoms with Gasteiger partial charge in [0, 0.05) is 44.2 Å². The van der Waals surface area contributed by atoms with Gasteiger partial charge in [-0.1, -0.05) is 30.3 Å². The van der Waals surface area contributed by atoms with Gasteiger partial charge < -0.3 is 5.73 Å². The summed E-state index contributed by atoms with van der Waals surface area (Å²) in [5, 5.41) is 3.76. The number of alkyl halides is 3. The maximum Gasteiger partial charge on any atom is 0.433 e. The van der Waals surface area contributed by atoms with Gasteiger partial charge in [0.15, 0.2) is 0 Å². The zero-order valence-electron chi connectivity index (χ0n) is 13.2. The van der Waals surface area contributed by atoms with Crippen molar-refractivity contribution in [3.8, 4) is 0 Å². The molecule has 1 fully saturated rings. The molecule has 0 bridgehead atoms. The first-order valence-electron chi connectivity index (χ1n) is 7.47. The van der Waals surface area contributed by atoms with E-state index in [1.807, 2.05) is 35.2 Å². The highest BCUT2D eigenvalue weighted by molar-refractivity contribution is 5.85. The number of nitrogens with two attached hydrogens (primary N) is 1. The third-order valence-electron chi connectivity index (χ3n) is 4.35. The third-order valence-corrected chi connectivity index (χ3v) is 4.35. The van der Waals surface area contributed by atoms with Crippen LogP contribution < -0.4 is 5.73 Å². The van der Waals surface area contributed by atoms with Crippen molar-refractivity contribution in [1.29, 1.82) is 0 Å². The lowest BCUT2D eigenvalue weighted by atomic mass is 9.95. The van der Waals surface area contributed by atoms with E-state index in [9.17, 15) is 13.2 Å². The molecule has 2 N–H and O–H groups in total. The second-order valence-corrected chi connectivity index (χ2v) is 6.01. The van der Waals surface area contributed by atoms with Crippen LogP contribution in [0.4, 0.5) is 13.2 Å². The van der Waals surface area contributed by atoms with E-state index in [2.05, 4.69) is 5.10 Å². The molecular weight excluding hydrogens is 341 g/mol. The molecule has 2 aromatic rings. The zero-order valence-corrected chi connectivity index (χ0v) is 14.0. The summed E-state index contributed by atoms with van der Waals surface area (Å²) in [7, 11) is 1.31. The van der Waals surface area contributed by atoms with E-state index in [1.54, 1.807) is 0 Å². The number of hydrogen-bond donors (Lipinski definition) is 1. The highest BCUT2D eigenvalue weighted by Gasteiger charge is 2.39. The van der Waals surface area contributed by atoms with E-state index in [4.69, 9.17) is 5.73 Å². The SMILES string of the molecule is Cl.Cn1ncc(CN2C[C@@H](N)[C@H](c3ccccc3)C2)c1C(F)(F)F. The predicted molar refractivity (Wildman–Crippen MR) is 87.9 cm³/mol. The number of rotatable bonds is 3. The Morgan fingerprint density at radius 3 is 2.50 bits per heavy atom. The lowest BCUT2D eigenvalue weighted by Gasteiger charge is -2.17. The Balaban J connectivity index is 0.00000208. The molecule has 1 aliphatic rings. The molecule has 2 atom stereocenters. The fourth-order valence-electron chi connectivity index (χ4n) is 3.30. The number of aromatic nitrogens is 2. The van der Waals surface area contributed by atoms with Gasteiger partial charge in [-0.15, -0.1) is 12.4 Å². The molecule has 132 valence electrons. The van der Waals surface area contributed by atoms with Gasteiger partial charge in [0.05, 0.1) is 6.20 Å². The van der Waals surface area contributed by atoms with Crippen LogP contribution in [0.15, 0.2) is 36.5 Å². The van der Waals surface area contributed by atoms with Crippen molar-refractivity contribution in [2.75, 3.05) is 13.1 Å². The van der Waals surface area contributed by atoms with Gasteiger partial charge in [0.2, 0.25) is 0 Å². The molecule has 2 heterocycles. The van der Waals surface area contributed by atoms with Gasteiger partial charge in [-0.2, -0.15) is 18.3 Å². The van der Waals surface area contributed by atoms with Crippen molar-refractivity contribution < 1.29 is 13.2 Å². The van der Waals surface area contributed by atoms with Crippen molar-refractivity contribution in [1.82, 2.24) is 14.7 Å². The van der Waals surface area contributed by atoms with Gasteiger partial charge in [-0.25, -0.2) is 0 Å². The minimum atomic E-state index is -4.40. The molecular formula is C16H20ClF3N4. The number of halogens is 4. The van der Waals surface area contributed by atoms with Gasteiger partial charge in [-0.3, -0.25) is 9.58 Å². The molecule has 0 spiro atoms. The first-order chi connectivity index (χ1) is 10.9. The van der Waals surface area contributed by atoms with Gasteiger partial charge in [0.25, 0.3) is 0 Å². The number of likely N-dealkylation sites (tertiary alicyclic amines) is 1. The fraction of sp³-hybridized carbons (Fsp3) is 0.438. The summed E-state index contributed by atoms with van der Waals surface area (Å²) in [5.74, 6) is 0.141. The average molecular weight is 361 g/mol. The normalized spacial score (nSPS) is 21.7. The van der Waals surface area contributed by atoms with Crippen LogP contribution in [0.25, 0.3) is 0 Å². The van der Waals surface area contributed by atoms with E-state index in [0.29, 0.717) is 13.1 Å². The minimum Gasteiger partial charge on any atom is -0.326 e. The summed E-state index contributed by atoms with van der Waals surface area (Å²) in [5.41, 5.74) is 6.84. The molecule has 8 heteroatoms. The molecule has 1 aromatic carbocycles. The van der Waals surface area contributed by atoms with Gasteiger partial charge >= 0.3 is 6.18 Å². The van der Waals surface area contributed by atoms with Crippen LogP contribution >= 0.6 is 12.4 Å². The average Bonchev–Trinajstić information content (AvgIpc) is 3.03. The number of hydrogen-bond acceptors (Lipinski definition) is 3.